The number of halogens is 3. The van der Waals surface area contributed by atoms with Crippen LogP contribution in [0.2, 0.25) is 0 Å². The maximum Gasteiger partial charge on any atom is 0.254 e. The van der Waals surface area contributed by atoms with Crippen molar-refractivity contribution in [1.82, 2.24) is 5.32 Å². The number of carbonyl (C=O) groups is 1. The van der Waals surface area contributed by atoms with Crippen LogP contribution in [-0.2, 0) is 0 Å². The third kappa shape index (κ3) is 8.53. The lowest BCUT2D eigenvalue weighted by Crippen LogP contribution is -2.26. The van der Waals surface area contributed by atoms with Gasteiger partial charge in [-0.05, 0) is 12.5 Å². The topological polar surface area (TPSA) is 38.3 Å². The van der Waals surface area contributed by atoms with E-state index >= 15 is 0 Å². The van der Waals surface area contributed by atoms with E-state index in [1.54, 1.807) is 0 Å². The lowest BCUT2D eigenvalue weighted by Gasteiger charge is -2.10. The van der Waals surface area contributed by atoms with Gasteiger partial charge >= 0.3 is 0 Å². The largest absolute Gasteiger partial charge is 0.491 e. The monoisotopic (exact) mass is 401 g/mol. The molecule has 28 heavy (non-hydrogen) atoms. The first-order chi connectivity index (χ1) is 13.5. The Morgan fingerprint density at radius 2 is 1.36 bits per heavy atom. The number of rotatable bonds is 15. The fraction of sp³-hybridized carbons (Fsp3) is 0.682. The lowest BCUT2D eigenvalue weighted by atomic mass is 10.1. The fourth-order valence-electron chi connectivity index (χ4n) is 3.19. The number of hydrogen-bond acceptors (Lipinski definition) is 2. The summed E-state index contributed by atoms with van der Waals surface area (Å²) in [5.74, 6) is -5.58. The normalized spacial score (nSPS) is 10.9. The van der Waals surface area contributed by atoms with Crippen molar-refractivity contribution in [3.63, 3.8) is 0 Å². The van der Waals surface area contributed by atoms with Crippen molar-refractivity contribution in [3.8, 4) is 5.75 Å². The molecule has 0 spiro atoms. The van der Waals surface area contributed by atoms with E-state index in [4.69, 9.17) is 0 Å². The number of carbonyl (C=O) groups excluding carboxylic acids is 1. The van der Waals surface area contributed by atoms with Crippen molar-refractivity contribution in [2.45, 2.75) is 84.0 Å². The van der Waals surface area contributed by atoms with Crippen LogP contribution >= 0.6 is 0 Å². The van der Waals surface area contributed by atoms with Crippen molar-refractivity contribution in [2.24, 2.45) is 0 Å². The minimum atomic E-state index is -1.43. The van der Waals surface area contributed by atoms with E-state index in [9.17, 15) is 18.0 Å². The van der Waals surface area contributed by atoms with E-state index in [1.807, 2.05) is 0 Å². The molecule has 6 heteroatoms. The Bertz CT molecular complexity index is 594. The molecule has 0 aliphatic heterocycles. The van der Waals surface area contributed by atoms with Gasteiger partial charge in [-0.1, -0.05) is 77.6 Å². The van der Waals surface area contributed by atoms with E-state index in [0.29, 0.717) is 12.6 Å². The van der Waals surface area contributed by atoms with E-state index in [1.165, 1.54) is 57.8 Å². The van der Waals surface area contributed by atoms with Gasteiger partial charge in [0.1, 0.15) is 0 Å². The van der Waals surface area contributed by atoms with Crippen LogP contribution in [0.1, 0.15) is 94.3 Å². The Labute approximate surface area is 167 Å². The minimum Gasteiger partial charge on any atom is -0.491 e. The maximum absolute atomic E-state index is 14.0. The molecule has 1 amide bonds. The van der Waals surface area contributed by atoms with Crippen LogP contribution in [0.3, 0.4) is 0 Å². The summed E-state index contributed by atoms with van der Waals surface area (Å²) in [6.07, 6.45) is 14.5. The predicted octanol–water partition coefficient (Wildman–Crippen LogP) is 6.54. The molecule has 0 aromatic heterocycles. The predicted molar refractivity (Wildman–Crippen MR) is 106 cm³/mol. The average molecular weight is 402 g/mol. The summed E-state index contributed by atoms with van der Waals surface area (Å²) in [4.78, 5) is 12.0. The lowest BCUT2D eigenvalue weighted by molar-refractivity contribution is 0.0947. The van der Waals surface area contributed by atoms with Crippen LogP contribution < -0.4 is 10.1 Å². The van der Waals surface area contributed by atoms with Gasteiger partial charge in [-0.2, -0.15) is 4.39 Å². The van der Waals surface area contributed by atoms with Gasteiger partial charge in [0, 0.05) is 6.54 Å². The first-order valence-electron chi connectivity index (χ1n) is 10.5. The van der Waals surface area contributed by atoms with Gasteiger partial charge in [-0.25, -0.2) is 8.78 Å². The molecule has 0 radical (unpaired) electrons. The second kappa shape index (κ2) is 14.3. The van der Waals surface area contributed by atoms with E-state index in [0.717, 1.165) is 26.4 Å². The van der Waals surface area contributed by atoms with Crippen LogP contribution in [-0.4, -0.2) is 19.6 Å². The minimum absolute atomic E-state index is 0.372. The molecule has 0 saturated heterocycles. The Hall–Kier alpha value is -1.72. The molecule has 1 N–H and O–H groups in total. The molecule has 0 saturated carbocycles. The fourth-order valence-corrected chi connectivity index (χ4v) is 3.19. The number of amides is 1. The smallest absolute Gasteiger partial charge is 0.254 e. The Balaban J connectivity index is 2.14. The molecule has 0 aliphatic rings. The highest BCUT2D eigenvalue weighted by Crippen LogP contribution is 2.26. The van der Waals surface area contributed by atoms with E-state index in [-0.39, 0.29) is 0 Å². The maximum atomic E-state index is 14.0. The van der Waals surface area contributed by atoms with Crippen LogP contribution in [0.4, 0.5) is 13.2 Å². The Morgan fingerprint density at radius 3 is 1.86 bits per heavy atom. The highest BCUT2D eigenvalue weighted by molar-refractivity contribution is 5.95. The molecule has 0 bridgehead atoms. The highest BCUT2D eigenvalue weighted by Gasteiger charge is 2.23. The number of nitrogens with one attached hydrogen (secondary N) is 1. The van der Waals surface area contributed by atoms with Crippen molar-refractivity contribution >= 4 is 5.91 Å². The first kappa shape index (κ1) is 24.3. The van der Waals surface area contributed by atoms with Gasteiger partial charge in [0.2, 0.25) is 5.82 Å². The van der Waals surface area contributed by atoms with Crippen molar-refractivity contribution < 1.29 is 22.7 Å². The molecule has 0 aliphatic carbocycles. The van der Waals surface area contributed by atoms with E-state index < -0.39 is 34.7 Å². The number of ether oxygens (including phenoxy) is 1. The standard InChI is InChI=1S/C22H34F3NO2/c1-3-4-5-6-7-8-9-10-11-12-13-14-15-26-22(27)17-16-18(23)20(25)21(28-2)19(17)24/h16H,3-15H2,1-2H3,(H,26,27). The van der Waals surface area contributed by atoms with Crippen LogP contribution in [0.15, 0.2) is 6.07 Å². The van der Waals surface area contributed by atoms with Crippen LogP contribution in [0.25, 0.3) is 0 Å². The van der Waals surface area contributed by atoms with Crippen molar-refractivity contribution in [1.29, 1.82) is 0 Å². The molecule has 1 rings (SSSR count). The molecule has 3 nitrogen and oxygen atoms in total. The molecular formula is C22H34F3NO2. The van der Waals surface area contributed by atoms with Gasteiger partial charge in [0.25, 0.3) is 5.91 Å². The molecule has 0 fully saturated rings. The molecule has 0 atom stereocenters. The number of hydrogen-bond donors (Lipinski definition) is 1. The molecule has 1 aromatic carbocycles. The van der Waals surface area contributed by atoms with Gasteiger partial charge in [-0.15, -0.1) is 0 Å². The molecule has 160 valence electrons. The van der Waals surface area contributed by atoms with Gasteiger partial charge in [0.15, 0.2) is 17.4 Å². The van der Waals surface area contributed by atoms with Crippen molar-refractivity contribution in [3.05, 3.63) is 29.1 Å². The van der Waals surface area contributed by atoms with Crippen LogP contribution in [0.5, 0.6) is 5.75 Å². The zero-order chi connectivity index (χ0) is 20.8. The molecule has 1 aromatic rings. The zero-order valence-electron chi connectivity index (χ0n) is 17.2. The van der Waals surface area contributed by atoms with Crippen LogP contribution in [0, 0.1) is 17.5 Å². The molecule has 0 heterocycles. The zero-order valence-corrected chi connectivity index (χ0v) is 17.2. The second-order valence-corrected chi connectivity index (χ2v) is 7.21. The van der Waals surface area contributed by atoms with Crippen molar-refractivity contribution in [2.75, 3.05) is 13.7 Å². The summed E-state index contributed by atoms with van der Waals surface area (Å²) < 4.78 is 45.4. The van der Waals surface area contributed by atoms with Gasteiger partial charge in [-0.3, -0.25) is 4.79 Å². The Morgan fingerprint density at radius 1 is 0.857 bits per heavy atom. The third-order valence-electron chi connectivity index (χ3n) is 4.88. The molecular weight excluding hydrogens is 367 g/mol. The molecule has 0 unspecified atom stereocenters. The SMILES string of the molecule is CCCCCCCCCCCCCCNC(=O)c1cc(F)c(F)c(OC)c1F. The third-order valence-corrected chi connectivity index (χ3v) is 4.88. The second-order valence-electron chi connectivity index (χ2n) is 7.21. The number of unbranched alkanes of at least 4 members (excludes halogenated alkanes) is 11. The summed E-state index contributed by atoms with van der Waals surface area (Å²) in [7, 11) is 1.02. The van der Waals surface area contributed by atoms with Gasteiger partial charge < -0.3 is 10.1 Å². The summed E-state index contributed by atoms with van der Waals surface area (Å²) in [5.41, 5.74) is -0.547. The quantitative estimate of drug-likeness (QED) is 0.267. The highest BCUT2D eigenvalue weighted by atomic mass is 19.2. The van der Waals surface area contributed by atoms with Gasteiger partial charge in [0.05, 0.1) is 12.7 Å². The summed E-state index contributed by atoms with van der Waals surface area (Å²) in [5, 5.41) is 2.55. The summed E-state index contributed by atoms with van der Waals surface area (Å²) in [6.45, 7) is 2.60. The number of methoxy groups -OCH3 is 1. The van der Waals surface area contributed by atoms with E-state index in [2.05, 4.69) is 17.0 Å². The first-order valence-corrected chi connectivity index (χ1v) is 10.5. The average Bonchev–Trinajstić information content (AvgIpc) is 2.68. The Kier molecular flexibility index (Phi) is 12.4. The summed E-state index contributed by atoms with van der Waals surface area (Å²) >= 11 is 0. The summed E-state index contributed by atoms with van der Waals surface area (Å²) in [6, 6.07) is 0.560. The number of benzene rings is 1.